The monoisotopic (exact) mass is 389 g/mol. The molecule has 9 heteroatoms. The standard InChI is InChI=1S/C19H18F3N5O/c1-12(2)28-14-9-7-13(8-10-14)24-17-11-23-27-18(26-17)25-16-6-4-3-5-15(16)19(20,21)22/h3-12H,1-2H3,(H2,24,25,26,27). The van der Waals surface area contributed by atoms with Gasteiger partial charge in [-0.3, -0.25) is 0 Å². The Kier molecular flexibility index (Phi) is 5.62. The van der Waals surface area contributed by atoms with E-state index in [9.17, 15) is 13.2 Å². The van der Waals surface area contributed by atoms with Crippen molar-refractivity contribution in [1.29, 1.82) is 0 Å². The number of para-hydroxylation sites is 1. The van der Waals surface area contributed by atoms with Crippen LogP contribution in [0, 0.1) is 0 Å². The van der Waals surface area contributed by atoms with Crippen LogP contribution in [0.3, 0.4) is 0 Å². The zero-order valence-corrected chi connectivity index (χ0v) is 15.2. The van der Waals surface area contributed by atoms with Gasteiger partial charge in [0.1, 0.15) is 5.75 Å². The summed E-state index contributed by atoms with van der Waals surface area (Å²) in [5.74, 6) is 1.01. The summed E-state index contributed by atoms with van der Waals surface area (Å²) in [6.45, 7) is 3.87. The molecule has 0 unspecified atom stereocenters. The third-order valence-corrected chi connectivity index (χ3v) is 3.54. The van der Waals surface area contributed by atoms with Crippen molar-refractivity contribution in [2.45, 2.75) is 26.1 Å². The fourth-order valence-corrected chi connectivity index (χ4v) is 2.41. The number of ether oxygens (including phenoxy) is 1. The number of rotatable bonds is 6. The molecule has 28 heavy (non-hydrogen) atoms. The van der Waals surface area contributed by atoms with E-state index in [1.165, 1.54) is 24.4 Å². The lowest BCUT2D eigenvalue weighted by atomic mass is 10.1. The van der Waals surface area contributed by atoms with Crippen LogP contribution in [-0.4, -0.2) is 21.3 Å². The number of aromatic nitrogens is 3. The first-order valence-corrected chi connectivity index (χ1v) is 8.48. The number of nitrogens with one attached hydrogen (secondary N) is 2. The Balaban J connectivity index is 1.75. The van der Waals surface area contributed by atoms with Crippen molar-refractivity contribution < 1.29 is 17.9 Å². The maximum atomic E-state index is 13.1. The fourth-order valence-electron chi connectivity index (χ4n) is 2.41. The highest BCUT2D eigenvalue weighted by atomic mass is 19.4. The van der Waals surface area contributed by atoms with Crippen molar-refractivity contribution in [3.63, 3.8) is 0 Å². The minimum Gasteiger partial charge on any atom is -0.491 e. The predicted octanol–water partition coefficient (Wildman–Crippen LogP) is 5.16. The topological polar surface area (TPSA) is 72.0 Å². The summed E-state index contributed by atoms with van der Waals surface area (Å²) in [6.07, 6.45) is -3.05. The number of benzene rings is 2. The van der Waals surface area contributed by atoms with Crippen molar-refractivity contribution in [1.82, 2.24) is 15.2 Å². The van der Waals surface area contributed by atoms with Crippen molar-refractivity contribution in [2.75, 3.05) is 10.6 Å². The number of hydrogen-bond acceptors (Lipinski definition) is 6. The SMILES string of the molecule is CC(C)Oc1ccc(Nc2cnnc(Nc3ccccc3C(F)(F)F)n2)cc1. The minimum absolute atomic E-state index is 0.0542. The first-order chi connectivity index (χ1) is 13.3. The Morgan fingerprint density at radius 1 is 0.964 bits per heavy atom. The minimum atomic E-state index is -4.49. The second-order valence-electron chi connectivity index (χ2n) is 6.15. The molecule has 0 saturated heterocycles. The van der Waals surface area contributed by atoms with Crippen LogP contribution in [0.15, 0.2) is 54.7 Å². The van der Waals surface area contributed by atoms with E-state index in [1.54, 1.807) is 24.3 Å². The van der Waals surface area contributed by atoms with Crippen molar-refractivity contribution in [3.05, 3.63) is 60.3 Å². The van der Waals surface area contributed by atoms with E-state index >= 15 is 0 Å². The van der Waals surface area contributed by atoms with Gasteiger partial charge in [-0.1, -0.05) is 12.1 Å². The Bertz CT molecular complexity index is 929. The van der Waals surface area contributed by atoms with E-state index in [0.29, 0.717) is 5.82 Å². The van der Waals surface area contributed by atoms with Crippen LogP contribution in [0.25, 0.3) is 0 Å². The van der Waals surface area contributed by atoms with E-state index in [-0.39, 0.29) is 17.7 Å². The summed E-state index contributed by atoms with van der Waals surface area (Å²) >= 11 is 0. The Hall–Kier alpha value is -3.36. The van der Waals surface area contributed by atoms with E-state index < -0.39 is 11.7 Å². The number of anilines is 4. The summed E-state index contributed by atoms with van der Waals surface area (Å²) in [5, 5.41) is 13.1. The molecule has 0 aliphatic rings. The van der Waals surface area contributed by atoms with Gasteiger partial charge in [-0.25, -0.2) is 0 Å². The van der Waals surface area contributed by atoms with Crippen LogP contribution < -0.4 is 15.4 Å². The van der Waals surface area contributed by atoms with Gasteiger partial charge in [-0.15, -0.1) is 5.10 Å². The maximum absolute atomic E-state index is 13.1. The van der Waals surface area contributed by atoms with Gasteiger partial charge in [0, 0.05) is 5.69 Å². The van der Waals surface area contributed by atoms with Crippen molar-refractivity contribution in [2.24, 2.45) is 0 Å². The molecule has 2 aromatic carbocycles. The lowest BCUT2D eigenvalue weighted by Gasteiger charge is -2.13. The van der Waals surface area contributed by atoms with Gasteiger partial charge in [-0.2, -0.15) is 23.3 Å². The summed E-state index contributed by atoms with van der Waals surface area (Å²) in [7, 11) is 0. The van der Waals surface area contributed by atoms with Gasteiger partial charge in [-0.05, 0) is 50.2 Å². The van der Waals surface area contributed by atoms with Crippen LogP contribution in [0.1, 0.15) is 19.4 Å². The molecule has 6 nitrogen and oxygen atoms in total. The van der Waals surface area contributed by atoms with Crippen molar-refractivity contribution in [3.8, 4) is 5.75 Å². The Morgan fingerprint density at radius 3 is 2.36 bits per heavy atom. The molecule has 0 bridgehead atoms. The molecule has 2 N–H and O–H groups in total. The van der Waals surface area contributed by atoms with Crippen LogP contribution in [-0.2, 0) is 6.18 Å². The molecule has 0 amide bonds. The van der Waals surface area contributed by atoms with E-state index in [0.717, 1.165) is 17.5 Å². The average molecular weight is 389 g/mol. The molecule has 0 spiro atoms. The van der Waals surface area contributed by atoms with Gasteiger partial charge in [0.25, 0.3) is 0 Å². The Labute approximate surface area is 159 Å². The number of alkyl halides is 3. The zero-order chi connectivity index (χ0) is 20.1. The number of halogens is 3. The van der Waals surface area contributed by atoms with Crippen LogP contribution in [0.4, 0.5) is 36.3 Å². The second-order valence-corrected chi connectivity index (χ2v) is 6.15. The molecule has 0 aliphatic heterocycles. The third kappa shape index (κ3) is 5.09. The Morgan fingerprint density at radius 2 is 1.68 bits per heavy atom. The lowest BCUT2D eigenvalue weighted by Crippen LogP contribution is -2.10. The summed E-state index contributed by atoms with van der Waals surface area (Å²) in [4.78, 5) is 4.16. The smallest absolute Gasteiger partial charge is 0.418 e. The number of nitrogens with zero attached hydrogens (tertiary/aromatic N) is 3. The van der Waals surface area contributed by atoms with Gasteiger partial charge in [0.15, 0.2) is 5.82 Å². The molecule has 0 radical (unpaired) electrons. The highest BCUT2D eigenvalue weighted by Gasteiger charge is 2.33. The largest absolute Gasteiger partial charge is 0.491 e. The summed E-state index contributed by atoms with van der Waals surface area (Å²) in [6, 6.07) is 12.3. The van der Waals surface area contributed by atoms with Crippen LogP contribution in [0.2, 0.25) is 0 Å². The molecule has 0 aliphatic carbocycles. The molecule has 1 aromatic heterocycles. The molecular weight excluding hydrogens is 371 g/mol. The highest BCUT2D eigenvalue weighted by molar-refractivity contribution is 5.61. The maximum Gasteiger partial charge on any atom is 0.418 e. The van der Waals surface area contributed by atoms with Gasteiger partial charge in [0.2, 0.25) is 5.95 Å². The van der Waals surface area contributed by atoms with Gasteiger partial charge in [0.05, 0.1) is 23.6 Å². The fraction of sp³-hybridized carbons (Fsp3) is 0.211. The first-order valence-electron chi connectivity index (χ1n) is 8.48. The molecule has 0 saturated carbocycles. The first kappa shape index (κ1) is 19.4. The molecular formula is C19H18F3N5O. The normalized spacial score (nSPS) is 11.4. The second kappa shape index (κ2) is 8.12. The predicted molar refractivity (Wildman–Crippen MR) is 100 cm³/mol. The zero-order valence-electron chi connectivity index (χ0n) is 15.2. The molecule has 3 aromatic rings. The van der Waals surface area contributed by atoms with Crippen LogP contribution >= 0.6 is 0 Å². The van der Waals surface area contributed by atoms with Crippen LogP contribution in [0.5, 0.6) is 5.75 Å². The third-order valence-electron chi connectivity index (χ3n) is 3.54. The van der Waals surface area contributed by atoms with Crippen molar-refractivity contribution >= 4 is 23.1 Å². The molecule has 3 rings (SSSR count). The molecule has 146 valence electrons. The quantitative estimate of drug-likeness (QED) is 0.606. The van der Waals surface area contributed by atoms with Gasteiger partial charge >= 0.3 is 6.18 Å². The highest BCUT2D eigenvalue weighted by Crippen LogP contribution is 2.35. The van der Waals surface area contributed by atoms with E-state index in [4.69, 9.17) is 4.74 Å². The lowest BCUT2D eigenvalue weighted by molar-refractivity contribution is -0.136. The van der Waals surface area contributed by atoms with Gasteiger partial charge < -0.3 is 15.4 Å². The summed E-state index contributed by atoms with van der Waals surface area (Å²) < 4.78 is 44.9. The molecule has 0 atom stereocenters. The summed E-state index contributed by atoms with van der Waals surface area (Å²) in [5.41, 5.74) is -0.236. The van der Waals surface area contributed by atoms with E-state index in [1.807, 2.05) is 13.8 Å². The molecule has 1 heterocycles. The molecule has 0 fully saturated rings. The number of hydrogen-bond donors (Lipinski definition) is 2. The average Bonchev–Trinajstić information content (AvgIpc) is 2.63. The van der Waals surface area contributed by atoms with E-state index in [2.05, 4.69) is 25.8 Å².